The number of hydrogen-bond donors (Lipinski definition) is 1. The van der Waals surface area contributed by atoms with Crippen molar-refractivity contribution in [1.29, 1.82) is 0 Å². The van der Waals surface area contributed by atoms with E-state index in [4.69, 9.17) is 0 Å². The van der Waals surface area contributed by atoms with E-state index in [1.165, 1.54) is 0 Å². The molecule has 1 aromatic carbocycles. The van der Waals surface area contributed by atoms with Gasteiger partial charge in [-0.15, -0.1) is 6.58 Å². The van der Waals surface area contributed by atoms with Gasteiger partial charge in [0.05, 0.1) is 11.1 Å². The molecule has 0 unspecified atom stereocenters. The molecule has 0 saturated carbocycles. The Labute approximate surface area is 107 Å². The molecule has 1 aromatic heterocycles. The number of fused-ring (bicyclic) bond motifs is 1. The van der Waals surface area contributed by atoms with Crippen LogP contribution >= 0.6 is 0 Å². The zero-order valence-electron chi connectivity index (χ0n) is 10.4. The maximum Gasteiger partial charge on any atom is 0.252 e. The van der Waals surface area contributed by atoms with E-state index in [1.807, 2.05) is 37.3 Å². The highest BCUT2D eigenvalue weighted by Crippen LogP contribution is 2.17. The van der Waals surface area contributed by atoms with Gasteiger partial charge >= 0.3 is 0 Å². The standard InChI is InChI=1S/C15H16N2O/c1-3-4-9-16-15(18)13-10-11(2)17-14-8-6-5-7-12(13)14/h3,5-8,10H,1,4,9H2,2H3,(H,16,18). The number of nitrogens with zero attached hydrogens (tertiary/aromatic N) is 1. The van der Waals surface area contributed by atoms with Gasteiger partial charge in [-0.25, -0.2) is 0 Å². The van der Waals surface area contributed by atoms with E-state index in [1.54, 1.807) is 6.08 Å². The summed E-state index contributed by atoms with van der Waals surface area (Å²) < 4.78 is 0. The van der Waals surface area contributed by atoms with Gasteiger partial charge in [-0.3, -0.25) is 9.78 Å². The fraction of sp³-hybridized carbons (Fsp3) is 0.200. The third-order valence-electron chi connectivity index (χ3n) is 2.72. The largest absolute Gasteiger partial charge is 0.352 e. The summed E-state index contributed by atoms with van der Waals surface area (Å²) >= 11 is 0. The number of amides is 1. The highest BCUT2D eigenvalue weighted by molar-refractivity contribution is 6.06. The Morgan fingerprint density at radius 2 is 2.22 bits per heavy atom. The number of nitrogens with one attached hydrogen (secondary N) is 1. The molecule has 0 aliphatic heterocycles. The van der Waals surface area contributed by atoms with Crippen molar-refractivity contribution in [2.24, 2.45) is 0 Å². The molecule has 1 heterocycles. The van der Waals surface area contributed by atoms with Gasteiger partial charge in [0.25, 0.3) is 5.91 Å². The van der Waals surface area contributed by atoms with Gasteiger partial charge in [-0.05, 0) is 25.5 Å². The quantitative estimate of drug-likeness (QED) is 0.659. The molecule has 0 bridgehead atoms. The number of pyridine rings is 1. The van der Waals surface area contributed by atoms with Crippen LogP contribution in [-0.2, 0) is 0 Å². The normalized spacial score (nSPS) is 10.3. The smallest absolute Gasteiger partial charge is 0.252 e. The van der Waals surface area contributed by atoms with Gasteiger partial charge in [0, 0.05) is 17.6 Å². The lowest BCUT2D eigenvalue weighted by molar-refractivity contribution is 0.0956. The molecule has 18 heavy (non-hydrogen) atoms. The molecular weight excluding hydrogens is 224 g/mol. The molecule has 1 amide bonds. The molecule has 0 aliphatic carbocycles. The minimum atomic E-state index is -0.0569. The Kier molecular flexibility index (Phi) is 3.72. The second-order valence-corrected chi connectivity index (χ2v) is 4.16. The molecular formula is C15H16N2O. The summed E-state index contributed by atoms with van der Waals surface area (Å²) in [5, 5.41) is 3.77. The third kappa shape index (κ3) is 2.56. The number of carbonyl (C=O) groups is 1. The molecule has 0 aliphatic rings. The van der Waals surface area contributed by atoms with Crippen molar-refractivity contribution in [2.75, 3.05) is 6.54 Å². The lowest BCUT2D eigenvalue weighted by atomic mass is 10.1. The second-order valence-electron chi connectivity index (χ2n) is 4.16. The monoisotopic (exact) mass is 240 g/mol. The summed E-state index contributed by atoms with van der Waals surface area (Å²) in [6.45, 7) is 6.14. The topological polar surface area (TPSA) is 42.0 Å². The van der Waals surface area contributed by atoms with E-state index in [0.29, 0.717) is 12.1 Å². The highest BCUT2D eigenvalue weighted by atomic mass is 16.1. The molecule has 0 atom stereocenters. The van der Waals surface area contributed by atoms with Crippen LogP contribution in [0.2, 0.25) is 0 Å². The molecule has 0 saturated heterocycles. The predicted octanol–water partition coefficient (Wildman–Crippen LogP) is 2.85. The molecule has 2 rings (SSSR count). The lowest BCUT2D eigenvalue weighted by Gasteiger charge is -2.08. The van der Waals surface area contributed by atoms with Crippen LogP contribution in [0.4, 0.5) is 0 Å². The molecule has 2 aromatic rings. The van der Waals surface area contributed by atoms with Gasteiger partial charge in [-0.1, -0.05) is 24.3 Å². The molecule has 0 spiro atoms. The van der Waals surface area contributed by atoms with Crippen molar-refractivity contribution >= 4 is 16.8 Å². The van der Waals surface area contributed by atoms with E-state index >= 15 is 0 Å². The summed E-state index contributed by atoms with van der Waals surface area (Å²) in [5.74, 6) is -0.0569. The molecule has 0 fully saturated rings. The maximum atomic E-state index is 12.1. The fourth-order valence-electron chi connectivity index (χ4n) is 1.88. The second kappa shape index (κ2) is 5.45. The summed E-state index contributed by atoms with van der Waals surface area (Å²) in [6.07, 6.45) is 2.56. The van der Waals surface area contributed by atoms with E-state index in [-0.39, 0.29) is 5.91 Å². The maximum absolute atomic E-state index is 12.1. The summed E-state index contributed by atoms with van der Waals surface area (Å²) in [6, 6.07) is 9.51. The average Bonchev–Trinajstić information content (AvgIpc) is 2.38. The van der Waals surface area contributed by atoms with Crippen molar-refractivity contribution in [3.63, 3.8) is 0 Å². The number of para-hydroxylation sites is 1. The van der Waals surface area contributed by atoms with Crippen molar-refractivity contribution in [3.8, 4) is 0 Å². The molecule has 92 valence electrons. The zero-order chi connectivity index (χ0) is 13.0. The molecule has 1 N–H and O–H groups in total. The van der Waals surface area contributed by atoms with Crippen LogP contribution < -0.4 is 5.32 Å². The van der Waals surface area contributed by atoms with E-state index < -0.39 is 0 Å². The number of aromatic nitrogens is 1. The number of benzene rings is 1. The Bertz CT molecular complexity index is 590. The van der Waals surface area contributed by atoms with Crippen LogP contribution in [0.5, 0.6) is 0 Å². The van der Waals surface area contributed by atoms with E-state index in [0.717, 1.165) is 23.0 Å². The van der Waals surface area contributed by atoms with Crippen molar-refractivity contribution in [3.05, 3.63) is 54.2 Å². The molecule has 3 nitrogen and oxygen atoms in total. The summed E-state index contributed by atoms with van der Waals surface area (Å²) in [4.78, 5) is 16.5. The third-order valence-corrected chi connectivity index (χ3v) is 2.72. The number of hydrogen-bond acceptors (Lipinski definition) is 2. The first-order valence-electron chi connectivity index (χ1n) is 5.98. The Morgan fingerprint density at radius 3 is 3.00 bits per heavy atom. The number of carbonyl (C=O) groups excluding carboxylic acids is 1. The first kappa shape index (κ1) is 12.3. The van der Waals surface area contributed by atoms with Crippen LogP contribution in [0.3, 0.4) is 0 Å². The summed E-state index contributed by atoms with van der Waals surface area (Å²) in [7, 11) is 0. The SMILES string of the molecule is C=CCCNC(=O)c1cc(C)nc2ccccc12. The minimum Gasteiger partial charge on any atom is -0.352 e. The van der Waals surface area contributed by atoms with Gasteiger partial charge in [0.1, 0.15) is 0 Å². The Balaban J connectivity index is 2.37. The van der Waals surface area contributed by atoms with Crippen molar-refractivity contribution < 1.29 is 4.79 Å². The number of aryl methyl sites for hydroxylation is 1. The fourth-order valence-corrected chi connectivity index (χ4v) is 1.88. The van der Waals surface area contributed by atoms with Gasteiger partial charge < -0.3 is 5.32 Å². The predicted molar refractivity (Wildman–Crippen MR) is 73.6 cm³/mol. The number of rotatable bonds is 4. The first-order valence-corrected chi connectivity index (χ1v) is 5.98. The van der Waals surface area contributed by atoms with Gasteiger partial charge in [0.15, 0.2) is 0 Å². The minimum absolute atomic E-state index is 0.0569. The summed E-state index contributed by atoms with van der Waals surface area (Å²) in [5.41, 5.74) is 2.39. The van der Waals surface area contributed by atoms with Crippen LogP contribution in [-0.4, -0.2) is 17.4 Å². The van der Waals surface area contributed by atoms with Crippen LogP contribution in [0, 0.1) is 6.92 Å². The van der Waals surface area contributed by atoms with Crippen molar-refractivity contribution in [1.82, 2.24) is 10.3 Å². The van der Waals surface area contributed by atoms with Crippen LogP contribution in [0.1, 0.15) is 22.5 Å². The Morgan fingerprint density at radius 1 is 1.44 bits per heavy atom. The highest BCUT2D eigenvalue weighted by Gasteiger charge is 2.10. The van der Waals surface area contributed by atoms with E-state index in [9.17, 15) is 4.79 Å². The van der Waals surface area contributed by atoms with Crippen LogP contribution in [0.15, 0.2) is 43.0 Å². The van der Waals surface area contributed by atoms with Crippen molar-refractivity contribution in [2.45, 2.75) is 13.3 Å². The first-order chi connectivity index (χ1) is 8.72. The zero-order valence-corrected chi connectivity index (χ0v) is 10.4. The lowest BCUT2D eigenvalue weighted by Crippen LogP contribution is -2.24. The van der Waals surface area contributed by atoms with Gasteiger partial charge in [-0.2, -0.15) is 0 Å². The van der Waals surface area contributed by atoms with E-state index in [2.05, 4.69) is 16.9 Å². The average molecular weight is 240 g/mol. The van der Waals surface area contributed by atoms with Crippen LogP contribution in [0.25, 0.3) is 10.9 Å². The Hall–Kier alpha value is -2.16. The molecule has 0 radical (unpaired) electrons. The molecule has 3 heteroatoms. The van der Waals surface area contributed by atoms with Gasteiger partial charge in [0.2, 0.25) is 0 Å².